The van der Waals surface area contributed by atoms with Crippen molar-refractivity contribution in [3.8, 4) is 0 Å². The van der Waals surface area contributed by atoms with E-state index in [1.165, 1.54) is 5.56 Å². The summed E-state index contributed by atoms with van der Waals surface area (Å²) in [6, 6.07) is 10.5. The van der Waals surface area contributed by atoms with Crippen LogP contribution in [0.15, 0.2) is 30.3 Å². The molecular formula is C16H22ClN3. The number of nitrogens with zero attached hydrogens (tertiary/aromatic N) is 2. The van der Waals surface area contributed by atoms with E-state index in [0.29, 0.717) is 5.92 Å². The molecule has 0 radical (unpaired) electrons. The van der Waals surface area contributed by atoms with Crippen LogP contribution in [0.3, 0.4) is 0 Å². The third kappa shape index (κ3) is 3.05. The van der Waals surface area contributed by atoms with Gasteiger partial charge in [-0.25, -0.2) is 0 Å². The van der Waals surface area contributed by atoms with Crippen LogP contribution < -0.4 is 5.73 Å². The predicted octanol–water partition coefficient (Wildman–Crippen LogP) is 3.45. The lowest BCUT2D eigenvalue weighted by Crippen LogP contribution is -2.31. The first-order valence-corrected chi connectivity index (χ1v) is 7.40. The zero-order valence-electron chi connectivity index (χ0n) is 12.3. The van der Waals surface area contributed by atoms with Gasteiger partial charge in [0.2, 0.25) is 0 Å². The van der Waals surface area contributed by atoms with E-state index in [0.717, 1.165) is 29.3 Å². The monoisotopic (exact) mass is 291 g/mol. The average Bonchev–Trinajstić information content (AvgIpc) is 2.67. The van der Waals surface area contributed by atoms with Crippen molar-refractivity contribution in [3.05, 3.63) is 52.3 Å². The van der Waals surface area contributed by atoms with Gasteiger partial charge in [0.25, 0.3) is 0 Å². The van der Waals surface area contributed by atoms with E-state index in [9.17, 15) is 0 Å². The maximum absolute atomic E-state index is 6.44. The molecule has 0 aliphatic carbocycles. The molecule has 2 aromatic rings. The average molecular weight is 292 g/mol. The van der Waals surface area contributed by atoms with Gasteiger partial charge >= 0.3 is 0 Å². The van der Waals surface area contributed by atoms with Crippen molar-refractivity contribution < 1.29 is 0 Å². The Bertz CT molecular complexity index is 563. The molecule has 0 spiro atoms. The largest absolute Gasteiger partial charge is 0.327 e. The van der Waals surface area contributed by atoms with Crippen molar-refractivity contribution in [1.29, 1.82) is 0 Å². The van der Waals surface area contributed by atoms with E-state index < -0.39 is 0 Å². The Morgan fingerprint density at radius 2 is 1.95 bits per heavy atom. The quantitative estimate of drug-likeness (QED) is 0.917. The first-order chi connectivity index (χ1) is 9.54. The van der Waals surface area contributed by atoms with Crippen molar-refractivity contribution in [2.24, 2.45) is 12.8 Å². The molecule has 0 aliphatic heterocycles. The van der Waals surface area contributed by atoms with Crippen molar-refractivity contribution >= 4 is 11.6 Å². The Labute approximate surface area is 125 Å². The van der Waals surface area contributed by atoms with E-state index in [-0.39, 0.29) is 6.04 Å². The highest BCUT2D eigenvalue weighted by molar-refractivity contribution is 6.31. The van der Waals surface area contributed by atoms with Gasteiger partial charge < -0.3 is 5.73 Å². The lowest BCUT2D eigenvalue weighted by atomic mass is 9.87. The van der Waals surface area contributed by atoms with E-state index in [2.05, 4.69) is 36.3 Å². The minimum Gasteiger partial charge on any atom is -0.327 e. The summed E-state index contributed by atoms with van der Waals surface area (Å²) < 4.78 is 1.84. The highest BCUT2D eigenvalue weighted by Gasteiger charge is 2.21. The van der Waals surface area contributed by atoms with Gasteiger partial charge in [0.05, 0.1) is 16.4 Å². The van der Waals surface area contributed by atoms with E-state index in [1.807, 2.05) is 24.7 Å². The fourth-order valence-corrected chi connectivity index (χ4v) is 2.99. The molecule has 20 heavy (non-hydrogen) atoms. The van der Waals surface area contributed by atoms with Crippen LogP contribution in [0.2, 0.25) is 5.02 Å². The fraction of sp³-hybridized carbons (Fsp3) is 0.438. The molecule has 2 atom stereocenters. The molecule has 1 aromatic carbocycles. The Hall–Kier alpha value is -1.32. The normalized spacial score (nSPS) is 14.2. The molecule has 0 bridgehead atoms. The molecular weight excluding hydrogens is 270 g/mol. The highest BCUT2D eigenvalue weighted by Crippen LogP contribution is 2.27. The minimum absolute atomic E-state index is 0.0368. The van der Waals surface area contributed by atoms with Gasteiger partial charge in [0, 0.05) is 19.5 Å². The molecule has 2 N–H and O–H groups in total. The third-order valence-electron chi connectivity index (χ3n) is 3.88. The molecule has 4 heteroatoms. The SMILES string of the molecule is CCC(c1ccccc1)C(N)Cc1c(Cl)c(C)nn1C. The second kappa shape index (κ2) is 6.42. The molecule has 0 saturated heterocycles. The van der Waals surface area contributed by atoms with Crippen molar-refractivity contribution in [3.63, 3.8) is 0 Å². The first-order valence-electron chi connectivity index (χ1n) is 7.03. The molecule has 2 unspecified atom stereocenters. The Morgan fingerprint density at radius 1 is 1.30 bits per heavy atom. The number of hydrogen-bond acceptors (Lipinski definition) is 2. The summed E-state index contributed by atoms with van der Waals surface area (Å²) >= 11 is 6.31. The predicted molar refractivity (Wildman–Crippen MR) is 84.1 cm³/mol. The topological polar surface area (TPSA) is 43.8 Å². The van der Waals surface area contributed by atoms with Crippen LogP contribution in [-0.2, 0) is 13.5 Å². The zero-order valence-corrected chi connectivity index (χ0v) is 13.1. The summed E-state index contributed by atoms with van der Waals surface area (Å²) in [6.45, 7) is 4.10. The number of aromatic nitrogens is 2. The van der Waals surface area contributed by atoms with Crippen LogP contribution in [-0.4, -0.2) is 15.8 Å². The molecule has 0 saturated carbocycles. The Kier molecular flexibility index (Phi) is 4.84. The van der Waals surface area contributed by atoms with Crippen LogP contribution in [0.4, 0.5) is 0 Å². The van der Waals surface area contributed by atoms with Gasteiger partial charge in [-0.1, -0.05) is 48.9 Å². The molecule has 0 fully saturated rings. The minimum atomic E-state index is 0.0368. The highest BCUT2D eigenvalue weighted by atomic mass is 35.5. The number of hydrogen-bond donors (Lipinski definition) is 1. The third-order valence-corrected chi connectivity index (χ3v) is 4.37. The van der Waals surface area contributed by atoms with Crippen molar-refractivity contribution in [1.82, 2.24) is 9.78 Å². The maximum atomic E-state index is 6.44. The van der Waals surface area contributed by atoms with E-state index in [1.54, 1.807) is 0 Å². The van der Waals surface area contributed by atoms with Crippen molar-refractivity contribution in [2.45, 2.75) is 38.6 Å². The number of rotatable bonds is 5. The first kappa shape index (κ1) is 15.1. The van der Waals surface area contributed by atoms with Crippen LogP contribution in [0.1, 0.15) is 36.2 Å². The van der Waals surface area contributed by atoms with Gasteiger partial charge in [0.1, 0.15) is 0 Å². The number of aryl methyl sites for hydroxylation is 2. The smallest absolute Gasteiger partial charge is 0.0847 e. The number of nitrogens with two attached hydrogens (primary N) is 1. The van der Waals surface area contributed by atoms with Gasteiger partial charge in [-0.2, -0.15) is 5.10 Å². The number of halogens is 1. The van der Waals surface area contributed by atoms with Gasteiger partial charge in [-0.3, -0.25) is 4.68 Å². The van der Waals surface area contributed by atoms with Gasteiger partial charge in [-0.05, 0) is 24.8 Å². The summed E-state index contributed by atoms with van der Waals surface area (Å²) in [6.07, 6.45) is 1.75. The van der Waals surface area contributed by atoms with E-state index >= 15 is 0 Å². The standard InChI is InChI=1S/C16H22ClN3/c1-4-13(12-8-6-5-7-9-12)14(18)10-15-16(17)11(2)19-20(15)3/h5-9,13-14H,4,10,18H2,1-3H3. The fourth-order valence-electron chi connectivity index (χ4n) is 2.75. The molecule has 2 rings (SSSR count). The summed E-state index contributed by atoms with van der Waals surface area (Å²) in [4.78, 5) is 0. The maximum Gasteiger partial charge on any atom is 0.0847 e. The summed E-state index contributed by atoms with van der Waals surface area (Å²) in [5.41, 5.74) is 9.61. The lowest BCUT2D eigenvalue weighted by Gasteiger charge is -2.23. The molecule has 1 heterocycles. The molecule has 108 valence electrons. The van der Waals surface area contributed by atoms with Crippen LogP contribution in [0, 0.1) is 6.92 Å². The Balaban J connectivity index is 2.20. The summed E-state index contributed by atoms with van der Waals surface area (Å²) in [5, 5.41) is 5.09. The van der Waals surface area contributed by atoms with Crippen LogP contribution in [0.5, 0.6) is 0 Å². The molecule has 3 nitrogen and oxygen atoms in total. The van der Waals surface area contributed by atoms with Gasteiger partial charge in [-0.15, -0.1) is 0 Å². The lowest BCUT2D eigenvalue weighted by molar-refractivity contribution is 0.500. The molecule has 0 aliphatic rings. The van der Waals surface area contributed by atoms with Crippen LogP contribution in [0.25, 0.3) is 0 Å². The Morgan fingerprint density at radius 3 is 2.45 bits per heavy atom. The second-order valence-corrected chi connectivity index (χ2v) is 5.64. The molecule has 1 aromatic heterocycles. The van der Waals surface area contributed by atoms with Crippen LogP contribution >= 0.6 is 11.6 Å². The van der Waals surface area contributed by atoms with Crippen molar-refractivity contribution in [2.75, 3.05) is 0 Å². The number of benzene rings is 1. The second-order valence-electron chi connectivity index (χ2n) is 5.26. The molecule has 0 amide bonds. The van der Waals surface area contributed by atoms with E-state index in [4.69, 9.17) is 17.3 Å². The summed E-state index contributed by atoms with van der Waals surface area (Å²) in [5.74, 6) is 0.336. The zero-order chi connectivity index (χ0) is 14.7. The summed E-state index contributed by atoms with van der Waals surface area (Å²) in [7, 11) is 1.92. The van der Waals surface area contributed by atoms with Gasteiger partial charge in [0.15, 0.2) is 0 Å².